The molecule has 4 heterocycles. The van der Waals surface area contributed by atoms with Gasteiger partial charge in [0.15, 0.2) is 5.82 Å². The Morgan fingerprint density at radius 2 is 1.82 bits per heavy atom. The number of pyridine rings is 1. The van der Waals surface area contributed by atoms with E-state index in [1.54, 1.807) is 16.8 Å². The molecule has 0 atom stereocenters. The summed E-state index contributed by atoms with van der Waals surface area (Å²) >= 11 is 0. The fourth-order valence-corrected chi connectivity index (χ4v) is 3.99. The zero-order valence-electron chi connectivity index (χ0n) is 19.0. The maximum atomic E-state index is 14.3. The van der Waals surface area contributed by atoms with Crippen molar-refractivity contribution in [2.24, 2.45) is 7.05 Å². The second kappa shape index (κ2) is 8.51. The highest BCUT2D eigenvalue weighted by atomic mass is 19.1. The molecule has 0 fully saturated rings. The molecule has 0 unspecified atom stereocenters. The molecule has 0 saturated carbocycles. The molecule has 0 spiro atoms. The molecule has 0 radical (unpaired) electrons. The van der Waals surface area contributed by atoms with E-state index >= 15 is 0 Å². The van der Waals surface area contributed by atoms with Crippen molar-refractivity contribution in [2.75, 3.05) is 5.32 Å². The number of nitrogens with one attached hydrogen (secondary N) is 1. The smallest absolute Gasteiger partial charge is 0.277 e. The largest absolute Gasteiger partial charge is 0.350 e. The standard InChI is InChI=1S/C25H22FN7O/c1-15-8-17(4-5-21(15)18-6-7-27-16(2)9-18)11-28-25-29-13-20-10-19(12-31-33(20)25)23-22(26)14-30-32(3)24(23)34/h4-10,12-14H,11H2,1-3H3,(H,28,29). The van der Waals surface area contributed by atoms with E-state index in [2.05, 4.69) is 56.7 Å². The summed E-state index contributed by atoms with van der Waals surface area (Å²) in [6.45, 7) is 4.62. The summed E-state index contributed by atoms with van der Waals surface area (Å²) < 4.78 is 17.0. The number of benzene rings is 1. The zero-order valence-corrected chi connectivity index (χ0v) is 19.0. The first-order chi connectivity index (χ1) is 16.4. The van der Waals surface area contributed by atoms with Crippen LogP contribution in [0.1, 0.15) is 16.8 Å². The number of rotatable bonds is 5. The van der Waals surface area contributed by atoms with Crippen LogP contribution in [-0.2, 0) is 13.6 Å². The van der Waals surface area contributed by atoms with Crippen molar-refractivity contribution in [3.05, 3.63) is 94.2 Å². The summed E-state index contributed by atoms with van der Waals surface area (Å²) in [5, 5.41) is 11.4. The van der Waals surface area contributed by atoms with Gasteiger partial charge in [0.05, 0.1) is 29.7 Å². The Labute approximate surface area is 194 Å². The van der Waals surface area contributed by atoms with Crippen LogP contribution < -0.4 is 10.9 Å². The van der Waals surface area contributed by atoms with Crippen LogP contribution in [0.25, 0.3) is 27.8 Å². The number of halogens is 1. The lowest BCUT2D eigenvalue weighted by Crippen LogP contribution is -2.22. The van der Waals surface area contributed by atoms with Crippen LogP contribution in [0.5, 0.6) is 0 Å². The fraction of sp³-hybridized carbons (Fsp3) is 0.160. The van der Waals surface area contributed by atoms with Crippen LogP contribution >= 0.6 is 0 Å². The number of anilines is 1. The third kappa shape index (κ3) is 3.92. The molecular weight excluding hydrogens is 433 g/mol. The monoisotopic (exact) mass is 455 g/mol. The maximum absolute atomic E-state index is 14.3. The van der Waals surface area contributed by atoms with Crippen LogP contribution in [0, 0.1) is 19.7 Å². The quantitative estimate of drug-likeness (QED) is 0.432. The summed E-state index contributed by atoms with van der Waals surface area (Å²) in [7, 11) is 1.48. The van der Waals surface area contributed by atoms with Crippen LogP contribution in [-0.4, -0.2) is 29.4 Å². The highest BCUT2D eigenvalue weighted by Gasteiger charge is 2.15. The Hall–Kier alpha value is -4.40. The molecule has 0 bridgehead atoms. The van der Waals surface area contributed by atoms with Gasteiger partial charge in [-0.25, -0.2) is 14.1 Å². The van der Waals surface area contributed by atoms with Crippen molar-refractivity contribution >= 4 is 11.5 Å². The van der Waals surface area contributed by atoms with Gasteiger partial charge in [0.2, 0.25) is 5.95 Å². The topological polar surface area (TPSA) is 90.0 Å². The maximum Gasteiger partial charge on any atom is 0.277 e. The summed E-state index contributed by atoms with van der Waals surface area (Å²) in [6.07, 6.45) is 5.92. The number of aryl methyl sites for hydroxylation is 3. The minimum absolute atomic E-state index is 0.0665. The third-order valence-corrected chi connectivity index (χ3v) is 5.71. The van der Waals surface area contributed by atoms with Gasteiger partial charge < -0.3 is 5.32 Å². The molecule has 0 aliphatic heterocycles. The van der Waals surface area contributed by atoms with Crippen molar-refractivity contribution in [3.8, 4) is 22.3 Å². The third-order valence-electron chi connectivity index (χ3n) is 5.71. The van der Waals surface area contributed by atoms with Gasteiger partial charge in [-0.1, -0.05) is 18.2 Å². The van der Waals surface area contributed by atoms with E-state index in [-0.39, 0.29) is 5.56 Å². The average molecular weight is 455 g/mol. The average Bonchev–Trinajstić information content (AvgIpc) is 3.23. The van der Waals surface area contributed by atoms with Crippen LogP contribution in [0.15, 0.2) is 66.0 Å². The molecule has 170 valence electrons. The molecule has 1 N–H and O–H groups in total. The van der Waals surface area contributed by atoms with E-state index in [0.717, 1.165) is 27.7 Å². The van der Waals surface area contributed by atoms with Crippen LogP contribution in [0.3, 0.4) is 0 Å². The van der Waals surface area contributed by atoms with Gasteiger partial charge in [0.25, 0.3) is 5.56 Å². The number of fused-ring (bicyclic) bond motifs is 1. The minimum Gasteiger partial charge on any atom is -0.350 e. The summed E-state index contributed by atoms with van der Waals surface area (Å²) in [6, 6.07) is 12.1. The molecule has 0 amide bonds. The van der Waals surface area contributed by atoms with Gasteiger partial charge in [-0.2, -0.15) is 14.7 Å². The molecule has 5 rings (SSSR count). The normalized spacial score (nSPS) is 11.2. The number of hydrogen-bond acceptors (Lipinski definition) is 6. The molecule has 0 aliphatic carbocycles. The van der Waals surface area contributed by atoms with E-state index in [9.17, 15) is 9.18 Å². The lowest BCUT2D eigenvalue weighted by molar-refractivity contribution is 0.590. The molecule has 5 aromatic rings. The number of aromatic nitrogens is 6. The second-order valence-corrected chi connectivity index (χ2v) is 8.15. The minimum atomic E-state index is -0.687. The number of nitrogens with zero attached hydrogens (tertiary/aromatic N) is 6. The SMILES string of the molecule is Cc1cc(-c2ccc(CNc3ncc4cc(-c5c(F)cnn(C)c5=O)cnn34)cc2C)ccn1. The van der Waals surface area contributed by atoms with Crippen molar-refractivity contribution in [2.45, 2.75) is 20.4 Å². The predicted molar refractivity (Wildman–Crippen MR) is 128 cm³/mol. The fourth-order valence-electron chi connectivity index (χ4n) is 3.99. The summed E-state index contributed by atoms with van der Waals surface area (Å²) in [4.78, 5) is 21.0. The summed E-state index contributed by atoms with van der Waals surface area (Å²) in [5.41, 5.74) is 5.98. The van der Waals surface area contributed by atoms with Gasteiger partial charge in [0, 0.05) is 31.0 Å². The van der Waals surface area contributed by atoms with Crippen LogP contribution in [0.2, 0.25) is 0 Å². The molecule has 0 saturated heterocycles. The van der Waals surface area contributed by atoms with Gasteiger partial charge in [0.1, 0.15) is 0 Å². The van der Waals surface area contributed by atoms with E-state index < -0.39 is 11.4 Å². The Bertz CT molecular complexity index is 1590. The first-order valence-corrected chi connectivity index (χ1v) is 10.7. The first-order valence-electron chi connectivity index (χ1n) is 10.7. The van der Waals surface area contributed by atoms with E-state index in [1.165, 1.54) is 24.4 Å². The van der Waals surface area contributed by atoms with Crippen molar-refractivity contribution in [3.63, 3.8) is 0 Å². The van der Waals surface area contributed by atoms with Crippen molar-refractivity contribution < 1.29 is 4.39 Å². The highest BCUT2D eigenvalue weighted by molar-refractivity contribution is 5.69. The second-order valence-electron chi connectivity index (χ2n) is 8.15. The van der Waals surface area contributed by atoms with Gasteiger partial charge in [-0.3, -0.25) is 9.78 Å². The lowest BCUT2D eigenvalue weighted by Gasteiger charge is -2.10. The van der Waals surface area contributed by atoms with Gasteiger partial charge in [-0.05, 0) is 54.3 Å². The Morgan fingerprint density at radius 1 is 0.971 bits per heavy atom. The zero-order chi connectivity index (χ0) is 23.8. The predicted octanol–water partition coefficient (Wildman–Crippen LogP) is 3.92. The number of hydrogen-bond donors (Lipinski definition) is 1. The Kier molecular flexibility index (Phi) is 5.37. The van der Waals surface area contributed by atoms with E-state index in [0.29, 0.717) is 23.6 Å². The number of imidazole rings is 1. The highest BCUT2D eigenvalue weighted by Crippen LogP contribution is 2.25. The molecule has 34 heavy (non-hydrogen) atoms. The molecule has 8 nitrogen and oxygen atoms in total. The lowest BCUT2D eigenvalue weighted by atomic mass is 9.99. The van der Waals surface area contributed by atoms with Crippen molar-refractivity contribution in [1.82, 2.24) is 29.4 Å². The Balaban J connectivity index is 1.38. The molecule has 9 heteroatoms. The molecule has 1 aromatic carbocycles. The molecule has 4 aromatic heterocycles. The van der Waals surface area contributed by atoms with Gasteiger partial charge in [-0.15, -0.1) is 0 Å². The van der Waals surface area contributed by atoms with E-state index in [4.69, 9.17) is 0 Å². The Morgan fingerprint density at radius 3 is 2.62 bits per heavy atom. The first kappa shape index (κ1) is 21.4. The van der Waals surface area contributed by atoms with Gasteiger partial charge >= 0.3 is 0 Å². The molecular formula is C25H22FN7O. The summed E-state index contributed by atoms with van der Waals surface area (Å²) in [5.74, 6) is -0.135. The van der Waals surface area contributed by atoms with Crippen molar-refractivity contribution in [1.29, 1.82) is 0 Å². The van der Waals surface area contributed by atoms with E-state index in [1.807, 2.05) is 19.2 Å². The molecule has 0 aliphatic rings. The van der Waals surface area contributed by atoms with Crippen LogP contribution in [0.4, 0.5) is 10.3 Å².